The van der Waals surface area contributed by atoms with Crippen LogP contribution < -0.4 is 0 Å². The summed E-state index contributed by atoms with van der Waals surface area (Å²) in [5.41, 5.74) is 3.08. The fraction of sp³-hybridized carbons (Fsp3) is 0.316. The largest absolute Gasteiger partial charge is 0.465 e. The number of aromatic nitrogens is 3. The highest BCUT2D eigenvalue weighted by molar-refractivity contribution is 5.92. The molecule has 0 spiro atoms. The number of pyridine rings is 1. The van der Waals surface area contributed by atoms with Crippen molar-refractivity contribution in [2.45, 2.75) is 31.7 Å². The highest BCUT2D eigenvalue weighted by Gasteiger charge is 2.24. The Kier molecular flexibility index (Phi) is 3.76. The summed E-state index contributed by atoms with van der Waals surface area (Å²) < 4.78 is 7.04. The van der Waals surface area contributed by atoms with Gasteiger partial charge in [-0.15, -0.1) is 0 Å². The average molecular weight is 321 g/mol. The first-order chi connectivity index (χ1) is 11.8. The summed E-state index contributed by atoms with van der Waals surface area (Å²) in [7, 11) is 1.37. The number of carbonyl (C=O) groups is 1. The minimum absolute atomic E-state index is 0.388. The van der Waals surface area contributed by atoms with Crippen molar-refractivity contribution in [1.82, 2.24) is 14.5 Å². The second-order valence-electron chi connectivity index (χ2n) is 6.17. The van der Waals surface area contributed by atoms with E-state index in [0.717, 1.165) is 35.4 Å². The summed E-state index contributed by atoms with van der Waals surface area (Å²) >= 11 is 0. The number of imidazole rings is 1. The Morgan fingerprint density at radius 2 is 1.96 bits per heavy atom. The zero-order valence-electron chi connectivity index (χ0n) is 13.6. The molecule has 1 aliphatic rings. The van der Waals surface area contributed by atoms with Gasteiger partial charge in [0.25, 0.3) is 0 Å². The molecule has 1 fully saturated rings. The third-order valence-electron chi connectivity index (χ3n) is 4.67. The van der Waals surface area contributed by atoms with Crippen molar-refractivity contribution >= 4 is 17.1 Å². The van der Waals surface area contributed by atoms with Crippen LogP contribution in [-0.4, -0.2) is 27.6 Å². The molecule has 2 aromatic heterocycles. The molecule has 2 heterocycles. The van der Waals surface area contributed by atoms with Crippen LogP contribution >= 0.6 is 0 Å². The number of ether oxygens (including phenoxy) is 1. The average Bonchev–Trinajstić information content (AvgIpc) is 3.28. The molecule has 3 aromatic rings. The first-order valence-electron chi connectivity index (χ1n) is 8.29. The molecule has 1 saturated carbocycles. The van der Waals surface area contributed by atoms with E-state index in [9.17, 15) is 4.79 Å². The van der Waals surface area contributed by atoms with Crippen LogP contribution in [0, 0.1) is 0 Å². The fourth-order valence-corrected chi connectivity index (χ4v) is 3.51. The second kappa shape index (κ2) is 6.07. The van der Waals surface area contributed by atoms with E-state index in [1.54, 1.807) is 12.3 Å². The lowest BCUT2D eigenvalue weighted by atomic mass is 10.2. The molecule has 0 radical (unpaired) electrons. The van der Waals surface area contributed by atoms with E-state index < -0.39 is 0 Å². The van der Waals surface area contributed by atoms with Gasteiger partial charge in [-0.05, 0) is 18.9 Å². The van der Waals surface area contributed by atoms with Crippen molar-refractivity contribution in [1.29, 1.82) is 0 Å². The number of esters is 1. The maximum absolute atomic E-state index is 11.8. The Labute approximate surface area is 140 Å². The molecule has 1 aliphatic carbocycles. The molecule has 0 unspecified atom stereocenters. The van der Waals surface area contributed by atoms with Crippen molar-refractivity contribution in [3.8, 4) is 11.4 Å². The number of nitrogens with zero attached hydrogens (tertiary/aromatic N) is 3. The zero-order valence-corrected chi connectivity index (χ0v) is 13.6. The van der Waals surface area contributed by atoms with E-state index in [1.165, 1.54) is 20.0 Å². The van der Waals surface area contributed by atoms with Crippen LogP contribution in [0.5, 0.6) is 0 Å². The minimum Gasteiger partial charge on any atom is -0.465 e. The van der Waals surface area contributed by atoms with Gasteiger partial charge < -0.3 is 9.30 Å². The van der Waals surface area contributed by atoms with Crippen LogP contribution in [0.2, 0.25) is 0 Å². The van der Waals surface area contributed by atoms with Gasteiger partial charge in [0.2, 0.25) is 0 Å². The van der Waals surface area contributed by atoms with Crippen LogP contribution in [0.1, 0.15) is 42.1 Å². The van der Waals surface area contributed by atoms with Gasteiger partial charge in [0, 0.05) is 17.8 Å². The van der Waals surface area contributed by atoms with Gasteiger partial charge in [-0.25, -0.2) is 14.8 Å². The predicted molar refractivity (Wildman–Crippen MR) is 91.8 cm³/mol. The monoisotopic (exact) mass is 321 g/mol. The Morgan fingerprint density at radius 1 is 1.21 bits per heavy atom. The van der Waals surface area contributed by atoms with Gasteiger partial charge in [-0.2, -0.15) is 0 Å². The first-order valence-corrected chi connectivity index (χ1v) is 8.29. The molecule has 4 rings (SSSR count). The lowest BCUT2D eigenvalue weighted by Gasteiger charge is -2.15. The van der Waals surface area contributed by atoms with Crippen LogP contribution in [-0.2, 0) is 4.74 Å². The van der Waals surface area contributed by atoms with Gasteiger partial charge in [-0.1, -0.05) is 43.2 Å². The molecule has 0 amide bonds. The summed E-state index contributed by atoms with van der Waals surface area (Å²) in [6, 6.07) is 12.3. The van der Waals surface area contributed by atoms with E-state index in [0.29, 0.717) is 11.6 Å². The molecule has 0 saturated heterocycles. The normalized spacial score (nSPS) is 15.0. The maximum atomic E-state index is 11.8. The number of rotatable bonds is 3. The van der Waals surface area contributed by atoms with Crippen molar-refractivity contribution in [2.75, 3.05) is 7.11 Å². The molecule has 0 aliphatic heterocycles. The standard InChI is InChI=1S/C19H19N3O2/c1-24-19(23)14-11-16-18(20-12-14)22(15-9-5-6-10-15)17(21-16)13-7-3-2-4-8-13/h2-4,7-8,11-12,15H,5-6,9-10H2,1H3. The van der Waals surface area contributed by atoms with E-state index in [-0.39, 0.29) is 5.97 Å². The van der Waals surface area contributed by atoms with E-state index >= 15 is 0 Å². The van der Waals surface area contributed by atoms with Gasteiger partial charge in [0.05, 0.1) is 12.7 Å². The SMILES string of the molecule is COC(=O)c1cnc2c(c1)nc(-c1ccccc1)n2C1CCCC1. The van der Waals surface area contributed by atoms with Crippen molar-refractivity contribution in [2.24, 2.45) is 0 Å². The maximum Gasteiger partial charge on any atom is 0.339 e. The van der Waals surface area contributed by atoms with Gasteiger partial charge in [-0.3, -0.25) is 0 Å². The molecule has 0 N–H and O–H groups in total. The molecular weight excluding hydrogens is 302 g/mol. The molecule has 0 atom stereocenters. The van der Waals surface area contributed by atoms with Crippen LogP contribution in [0.25, 0.3) is 22.6 Å². The third kappa shape index (κ3) is 2.46. The number of methoxy groups -OCH3 is 1. The Balaban J connectivity index is 1.92. The quantitative estimate of drug-likeness (QED) is 0.684. The van der Waals surface area contributed by atoms with E-state index in [1.807, 2.05) is 18.2 Å². The second-order valence-corrected chi connectivity index (χ2v) is 6.17. The van der Waals surface area contributed by atoms with E-state index in [2.05, 4.69) is 21.7 Å². The molecule has 122 valence electrons. The summed E-state index contributed by atoms with van der Waals surface area (Å²) in [5.74, 6) is 0.535. The number of carbonyl (C=O) groups excluding carboxylic acids is 1. The van der Waals surface area contributed by atoms with Crippen molar-refractivity contribution in [3.63, 3.8) is 0 Å². The van der Waals surface area contributed by atoms with Crippen LogP contribution in [0.4, 0.5) is 0 Å². The lowest BCUT2D eigenvalue weighted by Crippen LogP contribution is -2.08. The van der Waals surface area contributed by atoms with Gasteiger partial charge in [0.1, 0.15) is 11.3 Å². The summed E-state index contributed by atoms with van der Waals surface area (Å²) in [6.45, 7) is 0. The smallest absolute Gasteiger partial charge is 0.339 e. The first kappa shape index (κ1) is 14.9. The number of hydrogen-bond donors (Lipinski definition) is 0. The zero-order chi connectivity index (χ0) is 16.5. The molecule has 24 heavy (non-hydrogen) atoms. The van der Waals surface area contributed by atoms with E-state index in [4.69, 9.17) is 9.72 Å². The summed E-state index contributed by atoms with van der Waals surface area (Å²) in [6.07, 6.45) is 6.34. The Hall–Kier alpha value is -2.69. The Bertz CT molecular complexity index is 880. The highest BCUT2D eigenvalue weighted by atomic mass is 16.5. The lowest BCUT2D eigenvalue weighted by molar-refractivity contribution is 0.0600. The van der Waals surface area contributed by atoms with Crippen LogP contribution in [0.15, 0.2) is 42.6 Å². The van der Waals surface area contributed by atoms with Gasteiger partial charge >= 0.3 is 5.97 Å². The third-order valence-corrected chi connectivity index (χ3v) is 4.67. The summed E-state index contributed by atoms with van der Waals surface area (Å²) in [5, 5.41) is 0. The molecule has 0 bridgehead atoms. The van der Waals surface area contributed by atoms with Crippen molar-refractivity contribution < 1.29 is 9.53 Å². The molecular formula is C19H19N3O2. The number of benzene rings is 1. The van der Waals surface area contributed by atoms with Gasteiger partial charge in [0.15, 0.2) is 5.65 Å². The fourth-order valence-electron chi connectivity index (χ4n) is 3.51. The highest BCUT2D eigenvalue weighted by Crippen LogP contribution is 2.36. The predicted octanol–water partition coefficient (Wildman–Crippen LogP) is 4.00. The number of fused-ring (bicyclic) bond motifs is 1. The number of hydrogen-bond acceptors (Lipinski definition) is 4. The summed E-state index contributed by atoms with van der Waals surface area (Å²) in [4.78, 5) is 21.1. The Morgan fingerprint density at radius 3 is 2.67 bits per heavy atom. The molecule has 5 heteroatoms. The van der Waals surface area contributed by atoms with Crippen LogP contribution in [0.3, 0.4) is 0 Å². The molecule has 1 aromatic carbocycles. The topological polar surface area (TPSA) is 57.0 Å². The van der Waals surface area contributed by atoms with Crippen molar-refractivity contribution in [3.05, 3.63) is 48.2 Å². The minimum atomic E-state index is -0.388. The molecule has 5 nitrogen and oxygen atoms in total.